The lowest BCUT2D eigenvalue weighted by Crippen LogP contribution is -2.40. The van der Waals surface area contributed by atoms with Crippen molar-refractivity contribution in [1.82, 2.24) is 14.9 Å². The van der Waals surface area contributed by atoms with Gasteiger partial charge in [-0.3, -0.25) is 4.79 Å². The Labute approximate surface area is 206 Å². The van der Waals surface area contributed by atoms with Gasteiger partial charge in [0.2, 0.25) is 0 Å². The number of hydrogen-bond acceptors (Lipinski definition) is 5. The Morgan fingerprint density at radius 3 is 2.53 bits per heavy atom. The number of nitrogens with zero attached hydrogens (tertiary/aromatic N) is 4. The van der Waals surface area contributed by atoms with Crippen molar-refractivity contribution in [3.8, 4) is 17.2 Å². The van der Waals surface area contributed by atoms with Crippen LogP contribution in [0, 0.1) is 23.7 Å². The van der Waals surface area contributed by atoms with Crippen molar-refractivity contribution in [2.45, 2.75) is 38.4 Å². The average Bonchev–Trinajstić information content (AvgIpc) is 3.53. The van der Waals surface area contributed by atoms with E-state index in [0.717, 1.165) is 42.8 Å². The van der Waals surface area contributed by atoms with Crippen LogP contribution in [0.25, 0.3) is 11.1 Å². The largest absolute Gasteiger partial charge is 0.417 e. The van der Waals surface area contributed by atoms with Crippen molar-refractivity contribution in [3.63, 3.8) is 0 Å². The molecule has 9 heteroatoms. The van der Waals surface area contributed by atoms with E-state index in [1.165, 1.54) is 6.07 Å². The predicted molar refractivity (Wildman–Crippen MR) is 128 cm³/mol. The van der Waals surface area contributed by atoms with Crippen LogP contribution in [-0.2, 0) is 6.18 Å². The second-order valence-electron chi connectivity index (χ2n) is 9.64. The van der Waals surface area contributed by atoms with Gasteiger partial charge in [-0.1, -0.05) is 18.2 Å². The zero-order chi connectivity index (χ0) is 25.5. The highest BCUT2D eigenvalue weighted by atomic mass is 19.4. The van der Waals surface area contributed by atoms with Gasteiger partial charge in [0.25, 0.3) is 5.91 Å². The smallest absolute Gasteiger partial charge is 0.368 e. The lowest BCUT2D eigenvalue weighted by atomic mass is 10.0. The van der Waals surface area contributed by atoms with Crippen LogP contribution in [0.1, 0.15) is 46.6 Å². The van der Waals surface area contributed by atoms with Gasteiger partial charge in [-0.2, -0.15) is 18.4 Å². The topological polar surface area (TPSA) is 81.9 Å². The molecule has 5 rings (SSSR count). The molecule has 1 saturated carbocycles. The van der Waals surface area contributed by atoms with Gasteiger partial charge < -0.3 is 10.2 Å². The number of aromatic nitrogens is 2. The summed E-state index contributed by atoms with van der Waals surface area (Å²) < 4.78 is 38.5. The van der Waals surface area contributed by atoms with Gasteiger partial charge in [-0.15, -0.1) is 0 Å². The third kappa shape index (κ3) is 4.76. The number of anilines is 1. The van der Waals surface area contributed by atoms with E-state index in [2.05, 4.69) is 21.4 Å². The summed E-state index contributed by atoms with van der Waals surface area (Å²) in [7, 11) is 0. The molecular weight excluding hydrogens is 467 g/mol. The summed E-state index contributed by atoms with van der Waals surface area (Å²) in [6.45, 7) is 2.84. The summed E-state index contributed by atoms with van der Waals surface area (Å²) in [5, 5.41) is 12.2. The first-order valence-electron chi connectivity index (χ1n) is 11.7. The highest BCUT2D eigenvalue weighted by Gasteiger charge is 2.53. The third-order valence-electron chi connectivity index (χ3n) is 7.00. The Kier molecular flexibility index (Phi) is 5.91. The standard InChI is InChI=1S/C27H24F3N5O/c1-17-2-8-22(19-5-3-18(13-31)4-6-19)24(34-17)25(36)35-16-26(10-11-26)12-21(35)15-33-23-9-7-20(14-32-23)27(28,29)30/h2-9,14,21H,10-12,15-16H2,1H3,(H,32,33)/t21-/m0/s1. The van der Waals surface area contributed by atoms with E-state index in [9.17, 15) is 18.0 Å². The van der Waals surface area contributed by atoms with Gasteiger partial charge in [-0.05, 0) is 67.5 Å². The summed E-state index contributed by atoms with van der Waals surface area (Å²) in [5.74, 6) is 0.160. The number of nitrogens with one attached hydrogen (secondary N) is 1. The SMILES string of the molecule is Cc1ccc(-c2ccc(C#N)cc2)c(C(=O)N2CC3(CC3)C[C@H]2CNc2ccc(C(F)(F)F)cn2)n1. The van der Waals surface area contributed by atoms with Crippen LogP contribution in [0.15, 0.2) is 54.7 Å². The molecule has 184 valence electrons. The molecule has 1 aliphatic heterocycles. The van der Waals surface area contributed by atoms with E-state index in [0.29, 0.717) is 35.7 Å². The molecule has 1 aliphatic carbocycles. The molecule has 3 aromatic rings. The Bertz CT molecular complexity index is 1330. The summed E-state index contributed by atoms with van der Waals surface area (Å²) in [4.78, 5) is 24.2. The predicted octanol–water partition coefficient (Wildman–Crippen LogP) is 5.45. The van der Waals surface area contributed by atoms with Crippen molar-refractivity contribution in [2.24, 2.45) is 5.41 Å². The molecule has 2 aromatic heterocycles. The highest BCUT2D eigenvalue weighted by molar-refractivity contribution is 5.99. The minimum atomic E-state index is -4.44. The maximum absolute atomic E-state index is 13.9. The van der Waals surface area contributed by atoms with Crippen LogP contribution in [-0.4, -0.2) is 39.9 Å². The van der Waals surface area contributed by atoms with Gasteiger partial charge in [-0.25, -0.2) is 9.97 Å². The zero-order valence-electron chi connectivity index (χ0n) is 19.6. The highest BCUT2D eigenvalue weighted by Crippen LogP contribution is 2.55. The first kappa shape index (κ1) is 23.8. The number of nitriles is 1. The molecule has 1 aromatic carbocycles. The van der Waals surface area contributed by atoms with E-state index in [-0.39, 0.29) is 17.4 Å². The number of hydrogen-bond donors (Lipinski definition) is 1. The second-order valence-corrected chi connectivity index (χ2v) is 9.64. The van der Waals surface area contributed by atoms with Crippen molar-refractivity contribution >= 4 is 11.7 Å². The molecule has 1 amide bonds. The number of aryl methyl sites for hydroxylation is 1. The number of benzene rings is 1. The molecule has 2 aliphatic rings. The molecule has 1 spiro atoms. The van der Waals surface area contributed by atoms with E-state index < -0.39 is 11.7 Å². The number of carbonyl (C=O) groups is 1. The first-order chi connectivity index (χ1) is 17.2. The van der Waals surface area contributed by atoms with Crippen molar-refractivity contribution in [1.29, 1.82) is 5.26 Å². The lowest BCUT2D eigenvalue weighted by Gasteiger charge is -2.26. The van der Waals surface area contributed by atoms with Gasteiger partial charge in [0.1, 0.15) is 11.5 Å². The van der Waals surface area contributed by atoms with E-state index >= 15 is 0 Å². The lowest BCUT2D eigenvalue weighted by molar-refractivity contribution is -0.137. The summed E-state index contributed by atoms with van der Waals surface area (Å²) in [6.07, 6.45) is -0.704. The molecule has 2 fully saturated rings. The molecule has 1 N–H and O–H groups in total. The summed E-state index contributed by atoms with van der Waals surface area (Å²) in [6, 6.07) is 15.0. The number of alkyl halides is 3. The monoisotopic (exact) mass is 491 g/mol. The van der Waals surface area contributed by atoms with Gasteiger partial charge in [0.15, 0.2) is 0 Å². The Balaban J connectivity index is 1.38. The minimum absolute atomic E-state index is 0.105. The number of amides is 1. The molecule has 36 heavy (non-hydrogen) atoms. The van der Waals surface area contributed by atoms with Crippen molar-refractivity contribution in [2.75, 3.05) is 18.4 Å². The number of halogens is 3. The second kappa shape index (κ2) is 8.94. The molecule has 1 saturated heterocycles. The first-order valence-corrected chi connectivity index (χ1v) is 11.7. The third-order valence-corrected chi connectivity index (χ3v) is 7.00. The van der Waals surface area contributed by atoms with Crippen LogP contribution in [0.4, 0.5) is 19.0 Å². The molecule has 0 unspecified atom stereocenters. The number of likely N-dealkylation sites (tertiary alicyclic amines) is 1. The fourth-order valence-electron chi connectivity index (χ4n) is 4.83. The molecule has 6 nitrogen and oxygen atoms in total. The van der Waals surface area contributed by atoms with Gasteiger partial charge >= 0.3 is 6.18 Å². The number of carbonyl (C=O) groups excluding carboxylic acids is 1. The molecule has 0 bridgehead atoms. The van der Waals surface area contributed by atoms with E-state index in [4.69, 9.17) is 5.26 Å². The number of rotatable bonds is 5. The average molecular weight is 492 g/mol. The Morgan fingerprint density at radius 2 is 1.92 bits per heavy atom. The Morgan fingerprint density at radius 1 is 1.17 bits per heavy atom. The number of pyridine rings is 2. The van der Waals surface area contributed by atoms with Crippen LogP contribution < -0.4 is 5.32 Å². The molecule has 1 atom stereocenters. The molecule has 3 heterocycles. The summed E-state index contributed by atoms with van der Waals surface area (Å²) >= 11 is 0. The van der Waals surface area contributed by atoms with Crippen LogP contribution >= 0.6 is 0 Å². The fourth-order valence-corrected chi connectivity index (χ4v) is 4.83. The van der Waals surface area contributed by atoms with Crippen LogP contribution in [0.2, 0.25) is 0 Å². The minimum Gasteiger partial charge on any atom is -0.368 e. The van der Waals surface area contributed by atoms with Crippen molar-refractivity contribution < 1.29 is 18.0 Å². The normalized spacial score (nSPS) is 18.2. The van der Waals surface area contributed by atoms with Gasteiger partial charge in [0.05, 0.1) is 17.2 Å². The summed E-state index contributed by atoms with van der Waals surface area (Å²) in [5.41, 5.74) is 2.41. The van der Waals surface area contributed by atoms with Crippen LogP contribution in [0.3, 0.4) is 0 Å². The van der Waals surface area contributed by atoms with E-state index in [1.54, 1.807) is 12.1 Å². The van der Waals surface area contributed by atoms with E-state index in [1.807, 2.05) is 36.1 Å². The maximum atomic E-state index is 13.9. The van der Waals surface area contributed by atoms with Gasteiger partial charge in [0, 0.05) is 36.6 Å². The fraction of sp³-hybridized carbons (Fsp3) is 0.333. The zero-order valence-corrected chi connectivity index (χ0v) is 19.6. The maximum Gasteiger partial charge on any atom is 0.417 e. The molecular formula is C27H24F3N5O. The molecule has 0 radical (unpaired) electrons. The Hall–Kier alpha value is -3.93. The van der Waals surface area contributed by atoms with Crippen LogP contribution in [0.5, 0.6) is 0 Å². The van der Waals surface area contributed by atoms with Crippen molar-refractivity contribution in [3.05, 3.63) is 77.2 Å². The quantitative estimate of drug-likeness (QED) is 0.513.